The molecule has 0 saturated heterocycles. The molecule has 0 unspecified atom stereocenters. The molecule has 1 aromatic carbocycles. The summed E-state index contributed by atoms with van der Waals surface area (Å²) in [6.07, 6.45) is 4.30. The molecular weight excluding hydrogens is 299 g/mol. The van der Waals surface area contributed by atoms with Gasteiger partial charge in [-0.25, -0.2) is 9.07 Å². The van der Waals surface area contributed by atoms with E-state index in [0.717, 1.165) is 5.69 Å². The van der Waals surface area contributed by atoms with Gasteiger partial charge < -0.3 is 5.32 Å². The van der Waals surface area contributed by atoms with E-state index in [4.69, 9.17) is 0 Å². The molecule has 0 amide bonds. The van der Waals surface area contributed by atoms with Crippen LogP contribution >= 0.6 is 15.9 Å². The van der Waals surface area contributed by atoms with Crippen LogP contribution in [0.5, 0.6) is 0 Å². The third kappa shape index (κ3) is 2.59. The Morgan fingerprint density at radius 3 is 3.00 bits per heavy atom. The smallest absolute Gasteiger partial charge is 0.139 e. The van der Waals surface area contributed by atoms with Crippen molar-refractivity contribution in [1.29, 1.82) is 0 Å². The van der Waals surface area contributed by atoms with E-state index in [1.165, 1.54) is 18.9 Å². The van der Waals surface area contributed by atoms with E-state index in [0.29, 0.717) is 22.7 Å². The van der Waals surface area contributed by atoms with Crippen molar-refractivity contribution in [2.24, 2.45) is 0 Å². The molecule has 94 valence electrons. The summed E-state index contributed by atoms with van der Waals surface area (Å²) in [6.45, 7) is 0.712. The van der Waals surface area contributed by atoms with Gasteiger partial charge in [-0.1, -0.05) is 5.21 Å². The van der Waals surface area contributed by atoms with Crippen molar-refractivity contribution >= 4 is 15.9 Å². The van der Waals surface area contributed by atoms with E-state index < -0.39 is 0 Å². The Labute approximate surface area is 112 Å². The normalized spacial score (nSPS) is 15.0. The van der Waals surface area contributed by atoms with Crippen molar-refractivity contribution in [3.05, 3.63) is 40.4 Å². The summed E-state index contributed by atoms with van der Waals surface area (Å²) < 4.78 is 15.4. The number of rotatable bonds is 4. The number of benzene rings is 1. The molecule has 1 aliphatic rings. The van der Waals surface area contributed by atoms with Crippen molar-refractivity contribution in [3.8, 4) is 5.69 Å². The Bertz CT molecular complexity index is 565. The zero-order valence-electron chi connectivity index (χ0n) is 9.61. The van der Waals surface area contributed by atoms with Gasteiger partial charge in [0.1, 0.15) is 5.82 Å². The van der Waals surface area contributed by atoms with E-state index in [-0.39, 0.29) is 5.82 Å². The first-order valence-electron chi connectivity index (χ1n) is 5.82. The van der Waals surface area contributed by atoms with Gasteiger partial charge in [0.25, 0.3) is 0 Å². The number of hydrogen-bond acceptors (Lipinski definition) is 3. The second-order valence-electron chi connectivity index (χ2n) is 4.41. The van der Waals surface area contributed by atoms with Crippen LogP contribution in [0.25, 0.3) is 5.69 Å². The number of aromatic nitrogens is 3. The van der Waals surface area contributed by atoms with Gasteiger partial charge in [0, 0.05) is 18.7 Å². The van der Waals surface area contributed by atoms with Gasteiger partial charge >= 0.3 is 0 Å². The van der Waals surface area contributed by atoms with E-state index in [1.807, 2.05) is 6.20 Å². The minimum absolute atomic E-state index is 0.305. The Morgan fingerprint density at radius 2 is 2.28 bits per heavy atom. The van der Waals surface area contributed by atoms with Crippen molar-refractivity contribution in [2.45, 2.75) is 25.4 Å². The zero-order chi connectivity index (χ0) is 12.5. The fourth-order valence-electron chi connectivity index (χ4n) is 1.67. The SMILES string of the molecule is Fc1cc(-n2cc(CNC3CC3)nn2)ccc1Br. The fourth-order valence-corrected chi connectivity index (χ4v) is 1.92. The van der Waals surface area contributed by atoms with Crippen LogP contribution in [-0.4, -0.2) is 21.0 Å². The first kappa shape index (κ1) is 11.8. The van der Waals surface area contributed by atoms with Gasteiger partial charge in [-0.2, -0.15) is 0 Å². The van der Waals surface area contributed by atoms with E-state index in [1.54, 1.807) is 16.8 Å². The van der Waals surface area contributed by atoms with Crippen molar-refractivity contribution in [2.75, 3.05) is 0 Å². The summed E-state index contributed by atoms with van der Waals surface area (Å²) in [7, 11) is 0. The Kier molecular flexibility index (Phi) is 3.13. The summed E-state index contributed by atoms with van der Waals surface area (Å²) in [5.41, 5.74) is 1.53. The van der Waals surface area contributed by atoms with Gasteiger partial charge in [-0.05, 0) is 40.9 Å². The lowest BCUT2D eigenvalue weighted by molar-refractivity contribution is 0.618. The van der Waals surface area contributed by atoms with E-state index >= 15 is 0 Å². The maximum Gasteiger partial charge on any atom is 0.139 e. The first-order chi connectivity index (χ1) is 8.72. The third-order valence-corrected chi connectivity index (χ3v) is 3.50. The van der Waals surface area contributed by atoms with Crippen molar-refractivity contribution < 1.29 is 4.39 Å². The summed E-state index contributed by atoms with van der Waals surface area (Å²) in [4.78, 5) is 0. The molecule has 3 rings (SSSR count). The molecule has 0 aliphatic heterocycles. The van der Waals surface area contributed by atoms with Crippen molar-refractivity contribution in [3.63, 3.8) is 0 Å². The largest absolute Gasteiger partial charge is 0.308 e. The molecule has 0 atom stereocenters. The van der Waals surface area contributed by atoms with Crippen LogP contribution in [0.1, 0.15) is 18.5 Å². The number of nitrogens with zero attached hydrogens (tertiary/aromatic N) is 3. The molecule has 1 N–H and O–H groups in total. The second kappa shape index (κ2) is 4.78. The zero-order valence-corrected chi connectivity index (χ0v) is 11.2. The van der Waals surface area contributed by atoms with E-state index in [9.17, 15) is 4.39 Å². The lowest BCUT2D eigenvalue weighted by atomic mass is 10.3. The van der Waals surface area contributed by atoms with Crippen LogP contribution in [0.4, 0.5) is 4.39 Å². The quantitative estimate of drug-likeness (QED) is 0.943. The van der Waals surface area contributed by atoms with Crippen LogP contribution in [0.2, 0.25) is 0 Å². The fraction of sp³-hybridized carbons (Fsp3) is 0.333. The molecule has 1 aliphatic carbocycles. The van der Waals surface area contributed by atoms with Crippen LogP contribution in [-0.2, 0) is 6.54 Å². The van der Waals surface area contributed by atoms with Gasteiger partial charge in [0.15, 0.2) is 0 Å². The molecule has 1 heterocycles. The summed E-state index contributed by atoms with van der Waals surface area (Å²) in [5, 5.41) is 11.4. The predicted molar refractivity (Wildman–Crippen MR) is 68.9 cm³/mol. The molecule has 4 nitrogen and oxygen atoms in total. The highest BCUT2D eigenvalue weighted by Gasteiger charge is 2.20. The topological polar surface area (TPSA) is 42.7 Å². The summed E-state index contributed by atoms with van der Waals surface area (Å²) in [6, 6.07) is 5.52. The minimum Gasteiger partial charge on any atom is -0.308 e. The maximum absolute atomic E-state index is 13.4. The van der Waals surface area contributed by atoms with Crippen molar-refractivity contribution in [1.82, 2.24) is 20.3 Å². The van der Waals surface area contributed by atoms with E-state index in [2.05, 4.69) is 31.6 Å². The molecule has 0 spiro atoms. The average Bonchev–Trinajstić information content (AvgIpc) is 3.08. The Hall–Kier alpha value is -1.27. The molecule has 1 fully saturated rings. The third-order valence-electron chi connectivity index (χ3n) is 2.86. The Morgan fingerprint density at radius 1 is 1.44 bits per heavy atom. The Balaban J connectivity index is 1.76. The lowest BCUT2D eigenvalue weighted by Crippen LogP contribution is -2.15. The number of hydrogen-bond donors (Lipinski definition) is 1. The highest BCUT2D eigenvalue weighted by molar-refractivity contribution is 9.10. The molecule has 1 aromatic heterocycles. The second-order valence-corrected chi connectivity index (χ2v) is 5.26. The molecule has 0 radical (unpaired) electrons. The summed E-state index contributed by atoms with van der Waals surface area (Å²) in [5.74, 6) is -0.305. The van der Waals surface area contributed by atoms with Crippen LogP contribution in [0.3, 0.4) is 0 Å². The number of halogens is 2. The monoisotopic (exact) mass is 310 g/mol. The van der Waals surface area contributed by atoms with Crippen LogP contribution in [0.15, 0.2) is 28.9 Å². The molecule has 6 heteroatoms. The minimum atomic E-state index is -0.305. The molecule has 0 bridgehead atoms. The molecule has 2 aromatic rings. The standard InChI is InChI=1S/C12H12BrFN4/c13-11-4-3-10(5-12(11)14)18-7-9(16-17-18)6-15-8-1-2-8/h3-5,7-8,15H,1-2,6H2. The number of nitrogens with one attached hydrogen (secondary N) is 1. The predicted octanol–water partition coefficient (Wildman–Crippen LogP) is 2.42. The summed E-state index contributed by atoms with van der Waals surface area (Å²) >= 11 is 3.12. The maximum atomic E-state index is 13.4. The van der Waals surface area contributed by atoms with Gasteiger partial charge in [-0.3, -0.25) is 0 Å². The average molecular weight is 311 g/mol. The van der Waals surface area contributed by atoms with Gasteiger partial charge in [0.2, 0.25) is 0 Å². The first-order valence-corrected chi connectivity index (χ1v) is 6.62. The van der Waals surface area contributed by atoms with Crippen LogP contribution < -0.4 is 5.32 Å². The van der Waals surface area contributed by atoms with Gasteiger partial charge in [0.05, 0.1) is 22.1 Å². The highest BCUT2D eigenvalue weighted by Crippen LogP contribution is 2.20. The lowest BCUT2D eigenvalue weighted by Gasteiger charge is -2.01. The van der Waals surface area contributed by atoms with Gasteiger partial charge in [-0.15, -0.1) is 5.10 Å². The highest BCUT2D eigenvalue weighted by atomic mass is 79.9. The molecule has 1 saturated carbocycles. The molecule has 18 heavy (non-hydrogen) atoms. The molecular formula is C12H12BrFN4. The van der Waals surface area contributed by atoms with Crippen LogP contribution in [0, 0.1) is 5.82 Å².